The van der Waals surface area contributed by atoms with Crippen LogP contribution in [-0.4, -0.2) is 35.7 Å². The normalized spacial score (nSPS) is 14.3. The Morgan fingerprint density at radius 1 is 1.06 bits per heavy atom. The van der Waals surface area contributed by atoms with Crippen LogP contribution in [0.1, 0.15) is 16.7 Å². The molecule has 1 heterocycles. The highest BCUT2D eigenvalue weighted by molar-refractivity contribution is 14.1. The van der Waals surface area contributed by atoms with E-state index in [1.165, 1.54) is 12.0 Å². The summed E-state index contributed by atoms with van der Waals surface area (Å²) in [7, 11) is 1.49. The molecule has 1 aliphatic heterocycles. The number of para-hydroxylation sites is 1. The first-order valence-electron chi connectivity index (χ1n) is 11.0. The van der Waals surface area contributed by atoms with E-state index in [0.717, 1.165) is 32.1 Å². The van der Waals surface area contributed by atoms with Crippen LogP contribution in [0.3, 0.4) is 0 Å². The zero-order valence-corrected chi connectivity index (χ0v) is 22.6. The molecule has 3 aromatic carbocycles. The number of rotatable bonds is 8. The van der Waals surface area contributed by atoms with Crippen molar-refractivity contribution in [2.45, 2.75) is 13.5 Å². The van der Waals surface area contributed by atoms with E-state index in [4.69, 9.17) is 9.47 Å². The van der Waals surface area contributed by atoms with Gasteiger partial charge >= 0.3 is 0 Å². The molecule has 3 aromatic rings. The molecule has 0 aromatic heterocycles. The maximum atomic E-state index is 12.9. The number of ether oxygens (including phenoxy) is 2. The molecule has 4 rings (SSSR count). The fraction of sp³-hybridized carbons (Fsp3) is 0.148. The van der Waals surface area contributed by atoms with Gasteiger partial charge in [-0.3, -0.25) is 19.3 Å². The van der Waals surface area contributed by atoms with Crippen LogP contribution in [0.25, 0.3) is 6.08 Å². The first-order valence-corrected chi connectivity index (χ1v) is 12.9. The van der Waals surface area contributed by atoms with Gasteiger partial charge in [-0.1, -0.05) is 36.4 Å². The second kappa shape index (κ2) is 11.6. The molecule has 1 aliphatic rings. The Kier molecular flexibility index (Phi) is 8.32. The van der Waals surface area contributed by atoms with E-state index in [1.54, 1.807) is 24.3 Å². The standard InChI is InChI=1S/C27H23IN2O5S/c1-17-5-3-4-6-21(17)29-25(31)16-35-22-12-9-19(13-23(22)34-2)14-24-26(32)30(27(33)36-24)15-18-7-10-20(28)11-8-18/h3-14H,15-16H2,1-2H3,(H,29,31)/b24-14-. The van der Waals surface area contributed by atoms with Crippen molar-refractivity contribution >= 4 is 63.2 Å². The summed E-state index contributed by atoms with van der Waals surface area (Å²) in [5.41, 5.74) is 3.23. The lowest BCUT2D eigenvalue weighted by molar-refractivity contribution is -0.123. The van der Waals surface area contributed by atoms with Crippen LogP contribution in [0.2, 0.25) is 0 Å². The topological polar surface area (TPSA) is 84.9 Å². The number of amides is 3. The highest BCUT2D eigenvalue weighted by Gasteiger charge is 2.35. The molecule has 0 radical (unpaired) electrons. The molecule has 0 atom stereocenters. The second-order valence-electron chi connectivity index (χ2n) is 7.96. The average Bonchev–Trinajstić information content (AvgIpc) is 3.13. The van der Waals surface area contributed by atoms with Crippen molar-refractivity contribution in [2.24, 2.45) is 0 Å². The molecular weight excluding hydrogens is 591 g/mol. The van der Waals surface area contributed by atoms with Gasteiger partial charge in [0.05, 0.1) is 18.6 Å². The highest BCUT2D eigenvalue weighted by Crippen LogP contribution is 2.35. The Morgan fingerprint density at radius 3 is 2.53 bits per heavy atom. The molecule has 7 nitrogen and oxygen atoms in total. The predicted octanol–water partition coefficient (Wildman–Crippen LogP) is 5.86. The van der Waals surface area contributed by atoms with Crippen LogP contribution < -0.4 is 14.8 Å². The van der Waals surface area contributed by atoms with Gasteiger partial charge in [0, 0.05) is 9.26 Å². The maximum absolute atomic E-state index is 12.9. The first kappa shape index (κ1) is 25.8. The minimum absolute atomic E-state index is 0.193. The minimum Gasteiger partial charge on any atom is -0.493 e. The van der Waals surface area contributed by atoms with E-state index < -0.39 is 0 Å². The summed E-state index contributed by atoms with van der Waals surface area (Å²) in [4.78, 5) is 39.2. The SMILES string of the molecule is COc1cc(/C=C2\SC(=O)N(Cc3ccc(I)cc3)C2=O)ccc1OCC(=O)Nc1ccccc1C. The van der Waals surface area contributed by atoms with Gasteiger partial charge in [-0.2, -0.15) is 0 Å². The Labute approximate surface area is 227 Å². The van der Waals surface area contributed by atoms with E-state index in [1.807, 2.05) is 55.5 Å². The summed E-state index contributed by atoms with van der Waals surface area (Å²) in [5.74, 6) is 0.167. The Hall–Kier alpha value is -3.31. The number of halogens is 1. The van der Waals surface area contributed by atoms with Crippen LogP contribution >= 0.6 is 34.4 Å². The third-order valence-corrected chi connectivity index (χ3v) is 7.02. The van der Waals surface area contributed by atoms with E-state index in [2.05, 4.69) is 27.9 Å². The number of carbonyl (C=O) groups is 3. The van der Waals surface area contributed by atoms with Gasteiger partial charge < -0.3 is 14.8 Å². The van der Waals surface area contributed by atoms with Crippen molar-refractivity contribution in [1.82, 2.24) is 4.90 Å². The van der Waals surface area contributed by atoms with Gasteiger partial charge in [0.2, 0.25) is 0 Å². The fourth-order valence-corrected chi connectivity index (χ4v) is 4.69. The molecule has 36 heavy (non-hydrogen) atoms. The van der Waals surface area contributed by atoms with E-state index in [-0.39, 0.29) is 30.2 Å². The van der Waals surface area contributed by atoms with Crippen LogP contribution in [-0.2, 0) is 16.1 Å². The molecule has 184 valence electrons. The Balaban J connectivity index is 1.42. The van der Waals surface area contributed by atoms with Gasteiger partial charge in [0.1, 0.15) is 0 Å². The number of nitrogens with one attached hydrogen (secondary N) is 1. The van der Waals surface area contributed by atoms with Crippen LogP contribution in [0.5, 0.6) is 11.5 Å². The van der Waals surface area contributed by atoms with Crippen molar-refractivity contribution in [3.05, 3.63) is 91.9 Å². The lowest BCUT2D eigenvalue weighted by Crippen LogP contribution is -2.27. The minimum atomic E-state index is -0.337. The van der Waals surface area contributed by atoms with Crippen molar-refractivity contribution in [3.8, 4) is 11.5 Å². The number of thioether (sulfide) groups is 1. The smallest absolute Gasteiger partial charge is 0.293 e. The molecular formula is C27H23IN2O5S. The number of carbonyl (C=O) groups excluding carboxylic acids is 3. The number of benzene rings is 3. The van der Waals surface area contributed by atoms with Crippen LogP contribution in [0.4, 0.5) is 10.5 Å². The lowest BCUT2D eigenvalue weighted by atomic mass is 10.1. The Morgan fingerprint density at radius 2 is 1.81 bits per heavy atom. The summed E-state index contributed by atoms with van der Waals surface area (Å²) in [6.45, 7) is 1.94. The van der Waals surface area contributed by atoms with Gasteiger partial charge in [-0.05, 0) is 94.4 Å². The molecule has 3 amide bonds. The molecule has 0 aliphatic carbocycles. The molecule has 0 saturated carbocycles. The zero-order chi connectivity index (χ0) is 25.7. The summed E-state index contributed by atoms with van der Waals surface area (Å²) >= 11 is 3.11. The van der Waals surface area contributed by atoms with Crippen molar-refractivity contribution < 1.29 is 23.9 Å². The monoisotopic (exact) mass is 614 g/mol. The molecule has 0 bridgehead atoms. The number of methoxy groups -OCH3 is 1. The third kappa shape index (κ3) is 6.27. The highest BCUT2D eigenvalue weighted by atomic mass is 127. The van der Waals surface area contributed by atoms with Gasteiger partial charge in [-0.25, -0.2) is 0 Å². The number of imide groups is 1. The van der Waals surface area contributed by atoms with Gasteiger partial charge in [0.15, 0.2) is 18.1 Å². The zero-order valence-electron chi connectivity index (χ0n) is 19.6. The molecule has 1 saturated heterocycles. The number of aryl methyl sites for hydroxylation is 1. The lowest BCUT2D eigenvalue weighted by Gasteiger charge is -2.13. The molecule has 9 heteroatoms. The Bertz CT molecular complexity index is 1340. The number of hydrogen-bond donors (Lipinski definition) is 1. The van der Waals surface area contributed by atoms with Crippen molar-refractivity contribution in [1.29, 1.82) is 0 Å². The van der Waals surface area contributed by atoms with Gasteiger partial charge in [-0.15, -0.1) is 0 Å². The molecule has 1 fully saturated rings. The van der Waals surface area contributed by atoms with E-state index in [9.17, 15) is 14.4 Å². The van der Waals surface area contributed by atoms with Crippen LogP contribution in [0, 0.1) is 10.5 Å². The van der Waals surface area contributed by atoms with E-state index >= 15 is 0 Å². The first-order chi connectivity index (χ1) is 17.3. The number of anilines is 1. The number of nitrogens with zero attached hydrogens (tertiary/aromatic N) is 1. The quantitative estimate of drug-likeness (QED) is 0.253. The fourth-order valence-electron chi connectivity index (χ4n) is 3.50. The molecule has 1 N–H and O–H groups in total. The summed E-state index contributed by atoms with van der Waals surface area (Å²) in [5, 5.41) is 2.51. The molecule has 0 spiro atoms. The summed E-state index contributed by atoms with van der Waals surface area (Å²) in [6.07, 6.45) is 1.65. The third-order valence-electron chi connectivity index (χ3n) is 5.39. The number of hydrogen-bond acceptors (Lipinski definition) is 6. The second-order valence-corrected chi connectivity index (χ2v) is 10.2. The van der Waals surface area contributed by atoms with Crippen LogP contribution in [0.15, 0.2) is 71.6 Å². The average molecular weight is 614 g/mol. The summed E-state index contributed by atoms with van der Waals surface area (Å²) in [6, 6.07) is 20.3. The predicted molar refractivity (Wildman–Crippen MR) is 149 cm³/mol. The van der Waals surface area contributed by atoms with Crippen molar-refractivity contribution in [2.75, 3.05) is 19.0 Å². The maximum Gasteiger partial charge on any atom is 0.293 e. The molecule has 0 unspecified atom stereocenters. The largest absolute Gasteiger partial charge is 0.493 e. The summed E-state index contributed by atoms with van der Waals surface area (Å²) < 4.78 is 12.2. The van der Waals surface area contributed by atoms with Crippen molar-refractivity contribution in [3.63, 3.8) is 0 Å². The van der Waals surface area contributed by atoms with E-state index in [0.29, 0.717) is 22.0 Å². The van der Waals surface area contributed by atoms with Gasteiger partial charge in [0.25, 0.3) is 17.1 Å².